The summed E-state index contributed by atoms with van der Waals surface area (Å²) in [7, 11) is 1.66. The van der Waals surface area contributed by atoms with Crippen LogP contribution < -0.4 is 9.47 Å². The quantitative estimate of drug-likeness (QED) is 0.570. The summed E-state index contributed by atoms with van der Waals surface area (Å²) in [6.45, 7) is 0.714. The summed E-state index contributed by atoms with van der Waals surface area (Å²) in [6.07, 6.45) is 2.81. The van der Waals surface area contributed by atoms with Crippen LogP contribution >= 0.6 is 11.8 Å². The van der Waals surface area contributed by atoms with Crippen LogP contribution in [0.3, 0.4) is 0 Å². The number of rotatable bonds is 7. The third-order valence-corrected chi connectivity index (χ3v) is 3.53. The number of thioether (sulfide) groups is 1. The maximum absolute atomic E-state index is 5.65. The molecule has 0 aliphatic carbocycles. The number of hydrogen-bond acceptors (Lipinski definition) is 4. The molecule has 0 atom stereocenters. The third kappa shape index (κ3) is 4.83. The topological polar surface area (TPSA) is 31.4 Å². The summed E-state index contributed by atoms with van der Waals surface area (Å²) in [6, 6.07) is 13.6. The van der Waals surface area contributed by atoms with Crippen molar-refractivity contribution in [1.29, 1.82) is 0 Å². The first-order chi connectivity index (χ1) is 9.38. The molecule has 0 amide bonds. The van der Waals surface area contributed by atoms with Gasteiger partial charge in [-0.2, -0.15) is 0 Å². The Kier molecular flexibility index (Phi) is 5.56. The van der Waals surface area contributed by atoms with Crippen LogP contribution in [0.5, 0.6) is 11.5 Å². The van der Waals surface area contributed by atoms with Crippen LogP contribution in [-0.4, -0.2) is 24.5 Å². The predicted octanol–water partition coefficient (Wildman–Crippen LogP) is 3.65. The summed E-state index contributed by atoms with van der Waals surface area (Å²) >= 11 is 1.75. The Morgan fingerprint density at radius 1 is 1.05 bits per heavy atom. The summed E-state index contributed by atoms with van der Waals surface area (Å²) in [5.41, 5.74) is 0. The number of pyridine rings is 1. The molecule has 0 saturated heterocycles. The van der Waals surface area contributed by atoms with Crippen LogP contribution in [0.15, 0.2) is 53.7 Å². The Hall–Kier alpha value is -1.68. The van der Waals surface area contributed by atoms with Crippen molar-refractivity contribution < 1.29 is 9.47 Å². The van der Waals surface area contributed by atoms with Crippen molar-refractivity contribution in [2.24, 2.45) is 0 Å². The van der Waals surface area contributed by atoms with Crippen LogP contribution in [0.25, 0.3) is 0 Å². The van der Waals surface area contributed by atoms with Gasteiger partial charge >= 0.3 is 0 Å². The molecule has 0 saturated carbocycles. The fourth-order valence-corrected chi connectivity index (χ4v) is 2.31. The first-order valence-electron chi connectivity index (χ1n) is 6.19. The molecule has 4 heteroatoms. The van der Waals surface area contributed by atoms with Gasteiger partial charge in [0.25, 0.3) is 0 Å². The van der Waals surface area contributed by atoms with E-state index in [4.69, 9.17) is 9.47 Å². The molecule has 0 N–H and O–H groups in total. The van der Waals surface area contributed by atoms with Crippen molar-refractivity contribution >= 4 is 11.8 Å². The Morgan fingerprint density at radius 2 is 1.84 bits per heavy atom. The molecule has 0 spiro atoms. The second-order valence-electron chi connectivity index (χ2n) is 3.89. The second-order valence-corrected chi connectivity index (χ2v) is 5.01. The zero-order chi connectivity index (χ0) is 13.3. The molecule has 1 aromatic heterocycles. The van der Waals surface area contributed by atoms with Crippen LogP contribution in [0, 0.1) is 0 Å². The van der Waals surface area contributed by atoms with Crippen LogP contribution in [0.1, 0.15) is 6.42 Å². The number of methoxy groups -OCH3 is 1. The minimum atomic E-state index is 0.714. The van der Waals surface area contributed by atoms with E-state index in [-0.39, 0.29) is 0 Å². The average Bonchev–Trinajstić information content (AvgIpc) is 2.49. The molecule has 2 aromatic rings. The highest BCUT2D eigenvalue weighted by Gasteiger charge is 1.97. The van der Waals surface area contributed by atoms with E-state index < -0.39 is 0 Å². The molecule has 1 aromatic carbocycles. The molecule has 100 valence electrons. The van der Waals surface area contributed by atoms with Gasteiger partial charge in [-0.1, -0.05) is 6.07 Å². The number of hydrogen-bond donors (Lipinski definition) is 0. The molecule has 1 heterocycles. The van der Waals surface area contributed by atoms with Crippen molar-refractivity contribution in [3.63, 3.8) is 0 Å². The molecule has 0 fully saturated rings. The van der Waals surface area contributed by atoms with Crippen molar-refractivity contribution in [2.75, 3.05) is 19.5 Å². The third-order valence-electron chi connectivity index (χ3n) is 2.50. The van der Waals surface area contributed by atoms with E-state index in [0.29, 0.717) is 6.61 Å². The molecular formula is C15H17NO2S. The Bertz CT molecular complexity index is 473. The molecule has 0 bridgehead atoms. The lowest BCUT2D eigenvalue weighted by Gasteiger charge is -2.06. The first kappa shape index (κ1) is 13.7. The van der Waals surface area contributed by atoms with Crippen LogP contribution in [0.2, 0.25) is 0 Å². The molecule has 0 radical (unpaired) electrons. The molecule has 2 rings (SSSR count). The van der Waals surface area contributed by atoms with Crippen molar-refractivity contribution in [3.8, 4) is 11.5 Å². The largest absolute Gasteiger partial charge is 0.497 e. The van der Waals surface area contributed by atoms with Gasteiger partial charge in [0.15, 0.2) is 0 Å². The van der Waals surface area contributed by atoms with Gasteiger partial charge in [0.2, 0.25) is 0 Å². The van der Waals surface area contributed by atoms with Crippen LogP contribution in [-0.2, 0) is 0 Å². The van der Waals surface area contributed by atoms with E-state index in [2.05, 4.69) is 4.98 Å². The molecule has 3 nitrogen and oxygen atoms in total. The molecule has 19 heavy (non-hydrogen) atoms. The van der Waals surface area contributed by atoms with Gasteiger partial charge in [0.05, 0.1) is 18.7 Å². The summed E-state index contributed by atoms with van der Waals surface area (Å²) < 4.78 is 10.7. The van der Waals surface area contributed by atoms with E-state index in [1.54, 1.807) is 18.9 Å². The Morgan fingerprint density at radius 3 is 2.53 bits per heavy atom. The van der Waals surface area contributed by atoms with E-state index in [0.717, 1.165) is 28.7 Å². The summed E-state index contributed by atoms with van der Waals surface area (Å²) in [5.74, 6) is 2.73. The fourth-order valence-electron chi connectivity index (χ4n) is 1.53. The number of nitrogens with zero attached hydrogens (tertiary/aromatic N) is 1. The molecule has 0 aliphatic rings. The van der Waals surface area contributed by atoms with Gasteiger partial charge in [-0.05, 0) is 42.8 Å². The van der Waals surface area contributed by atoms with E-state index in [9.17, 15) is 0 Å². The highest BCUT2D eigenvalue weighted by atomic mass is 32.2. The van der Waals surface area contributed by atoms with Gasteiger partial charge in [-0.25, -0.2) is 4.98 Å². The Labute approximate surface area is 118 Å². The normalized spacial score (nSPS) is 10.2. The molecular weight excluding hydrogens is 258 g/mol. The maximum atomic E-state index is 5.65. The zero-order valence-corrected chi connectivity index (χ0v) is 11.7. The van der Waals surface area contributed by atoms with Crippen molar-refractivity contribution in [1.82, 2.24) is 4.98 Å². The first-order valence-corrected chi connectivity index (χ1v) is 7.18. The molecule has 0 unspecified atom stereocenters. The van der Waals surface area contributed by atoms with Gasteiger partial charge in [-0.15, -0.1) is 11.8 Å². The van der Waals surface area contributed by atoms with Crippen LogP contribution in [0.4, 0.5) is 0 Å². The lowest BCUT2D eigenvalue weighted by atomic mass is 10.3. The highest BCUT2D eigenvalue weighted by molar-refractivity contribution is 7.99. The van der Waals surface area contributed by atoms with Gasteiger partial charge in [-0.3, -0.25) is 0 Å². The standard InChI is InChI=1S/C15H17NO2S/c1-17-13-6-8-14(9-7-13)18-11-4-12-19-15-5-2-3-10-16-15/h2-3,5-10H,4,11-12H2,1H3. The number of benzene rings is 1. The van der Waals surface area contributed by atoms with E-state index in [1.165, 1.54) is 0 Å². The lowest BCUT2D eigenvalue weighted by Crippen LogP contribution is -1.98. The summed E-state index contributed by atoms with van der Waals surface area (Å²) in [4.78, 5) is 4.26. The average molecular weight is 275 g/mol. The monoisotopic (exact) mass is 275 g/mol. The predicted molar refractivity (Wildman–Crippen MR) is 78.1 cm³/mol. The number of ether oxygens (including phenoxy) is 2. The van der Waals surface area contributed by atoms with Gasteiger partial charge in [0.1, 0.15) is 11.5 Å². The maximum Gasteiger partial charge on any atom is 0.119 e. The van der Waals surface area contributed by atoms with Gasteiger partial charge < -0.3 is 9.47 Å². The number of aromatic nitrogens is 1. The minimum Gasteiger partial charge on any atom is -0.497 e. The second kappa shape index (κ2) is 7.69. The lowest BCUT2D eigenvalue weighted by molar-refractivity contribution is 0.318. The zero-order valence-electron chi connectivity index (χ0n) is 10.9. The highest BCUT2D eigenvalue weighted by Crippen LogP contribution is 2.18. The van der Waals surface area contributed by atoms with E-state index >= 15 is 0 Å². The molecule has 0 aliphatic heterocycles. The van der Waals surface area contributed by atoms with E-state index in [1.807, 2.05) is 48.7 Å². The Balaban J connectivity index is 1.63. The smallest absolute Gasteiger partial charge is 0.119 e. The SMILES string of the molecule is COc1ccc(OCCCSc2ccccn2)cc1. The van der Waals surface area contributed by atoms with Crippen molar-refractivity contribution in [2.45, 2.75) is 11.4 Å². The fraction of sp³-hybridized carbons (Fsp3) is 0.267. The van der Waals surface area contributed by atoms with Crippen molar-refractivity contribution in [3.05, 3.63) is 48.7 Å². The minimum absolute atomic E-state index is 0.714. The summed E-state index contributed by atoms with van der Waals surface area (Å²) in [5, 5.41) is 1.06. The van der Waals surface area contributed by atoms with Gasteiger partial charge in [0, 0.05) is 11.9 Å².